The maximum atomic E-state index is 12.9. The van der Waals surface area contributed by atoms with Crippen LogP contribution in [0, 0.1) is 10.1 Å². The summed E-state index contributed by atoms with van der Waals surface area (Å²) in [5.41, 5.74) is 3.22. The number of nitrogens with zero attached hydrogens (tertiary/aromatic N) is 1. The number of amides is 1. The summed E-state index contributed by atoms with van der Waals surface area (Å²) >= 11 is 0. The van der Waals surface area contributed by atoms with Gasteiger partial charge in [0.15, 0.2) is 0 Å². The van der Waals surface area contributed by atoms with Crippen molar-refractivity contribution < 1.29 is 18.1 Å². The molecule has 0 spiro atoms. The van der Waals surface area contributed by atoms with Crippen LogP contribution in [0.1, 0.15) is 11.1 Å². The molecular formula is C22H18N4O5S. The first-order valence-corrected chi connectivity index (χ1v) is 11.4. The van der Waals surface area contributed by atoms with Gasteiger partial charge in [0.25, 0.3) is 11.6 Å². The van der Waals surface area contributed by atoms with Crippen molar-refractivity contribution in [1.29, 1.82) is 0 Å². The standard InChI is InChI=1S/C22H18N4O5S/c1-32(30,31)25-16-9-7-15(8-10-16)23-21(14-5-3-2-4-6-14)20-18-13-17(26(28)29)11-12-19(18)24-22(20)27/h2-13,23,25H,1H3,(H,24,27). The van der Waals surface area contributed by atoms with E-state index in [1.165, 1.54) is 18.2 Å². The molecule has 4 rings (SSSR count). The Morgan fingerprint density at radius 1 is 0.969 bits per heavy atom. The van der Waals surface area contributed by atoms with Crippen LogP contribution in [0.25, 0.3) is 11.3 Å². The second-order valence-electron chi connectivity index (χ2n) is 7.13. The van der Waals surface area contributed by atoms with Gasteiger partial charge in [0.2, 0.25) is 10.0 Å². The molecule has 3 aromatic rings. The van der Waals surface area contributed by atoms with E-state index in [9.17, 15) is 23.3 Å². The third kappa shape index (κ3) is 4.44. The number of rotatable bonds is 6. The Bertz CT molecular complexity index is 1350. The lowest BCUT2D eigenvalue weighted by molar-refractivity contribution is -0.384. The van der Waals surface area contributed by atoms with E-state index in [0.717, 1.165) is 6.26 Å². The maximum absolute atomic E-state index is 12.9. The molecule has 0 fully saturated rings. The number of nitrogens with one attached hydrogen (secondary N) is 3. The second kappa shape index (κ2) is 8.16. The average molecular weight is 450 g/mol. The summed E-state index contributed by atoms with van der Waals surface area (Å²) in [7, 11) is -3.41. The SMILES string of the molecule is CS(=O)(=O)Nc1ccc(NC(=C2C(=O)Nc3ccc([N+](=O)[O-])cc32)c2ccccc2)cc1. The molecule has 1 amide bonds. The van der Waals surface area contributed by atoms with Gasteiger partial charge in [0, 0.05) is 34.8 Å². The lowest BCUT2D eigenvalue weighted by Gasteiger charge is -2.15. The Morgan fingerprint density at radius 3 is 2.25 bits per heavy atom. The van der Waals surface area contributed by atoms with Gasteiger partial charge in [-0.1, -0.05) is 30.3 Å². The van der Waals surface area contributed by atoms with Gasteiger partial charge in [0.1, 0.15) is 0 Å². The van der Waals surface area contributed by atoms with E-state index in [4.69, 9.17) is 0 Å². The number of nitro groups is 1. The average Bonchev–Trinajstić information content (AvgIpc) is 3.07. The predicted octanol–water partition coefficient (Wildman–Crippen LogP) is 3.90. The van der Waals surface area contributed by atoms with Gasteiger partial charge in [-0.2, -0.15) is 0 Å². The summed E-state index contributed by atoms with van der Waals surface area (Å²) in [6, 6.07) is 19.8. The third-order valence-electron chi connectivity index (χ3n) is 4.73. The summed E-state index contributed by atoms with van der Waals surface area (Å²) in [6.07, 6.45) is 1.06. The van der Waals surface area contributed by atoms with Crippen LogP contribution in [-0.2, 0) is 14.8 Å². The number of nitro benzene ring substituents is 1. The van der Waals surface area contributed by atoms with Crippen molar-refractivity contribution in [2.75, 3.05) is 21.6 Å². The molecule has 0 radical (unpaired) electrons. The van der Waals surface area contributed by atoms with Gasteiger partial charge >= 0.3 is 0 Å². The van der Waals surface area contributed by atoms with Crippen molar-refractivity contribution in [3.05, 3.63) is 94.0 Å². The van der Waals surface area contributed by atoms with Crippen LogP contribution in [0.2, 0.25) is 0 Å². The van der Waals surface area contributed by atoms with Gasteiger partial charge in [-0.05, 0) is 35.9 Å². The fourth-order valence-electron chi connectivity index (χ4n) is 3.38. The highest BCUT2D eigenvalue weighted by Crippen LogP contribution is 2.39. The minimum Gasteiger partial charge on any atom is -0.354 e. The molecule has 9 nitrogen and oxygen atoms in total. The third-order valence-corrected chi connectivity index (χ3v) is 5.34. The number of sulfonamides is 1. The molecule has 0 unspecified atom stereocenters. The lowest BCUT2D eigenvalue weighted by atomic mass is 9.99. The number of carbonyl (C=O) groups is 1. The first-order valence-electron chi connectivity index (χ1n) is 9.46. The van der Waals surface area contributed by atoms with Crippen LogP contribution in [0.15, 0.2) is 72.8 Å². The first kappa shape index (κ1) is 21.1. The zero-order valence-corrected chi connectivity index (χ0v) is 17.6. The molecule has 1 aliphatic rings. The van der Waals surface area contributed by atoms with Gasteiger partial charge in [0.05, 0.1) is 22.4 Å². The molecule has 162 valence electrons. The number of anilines is 3. The van der Waals surface area contributed by atoms with Crippen molar-refractivity contribution in [3.8, 4) is 0 Å². The van der Waals surface area contributed by atoms with Crippen LogP contribution < -0.4 is 15.4 Å². The minimum atomic E-state index is -3.41. The molecule has 3 aromatic carbocycles. The monoisotopic (exact) mass is 450 g/mol. The van der Waals surface area contributed by atoms with E-state index in [0.29, 0.717) is 33.9 Å². The smallest absolute Gasteiger partial charge is 0.270 e. The summed E-state index contributed by atoms with van der Waals surface area (Å²) in [5, 5.41) is 17.2. The number of fused-ring (bicyclic) bond motifs is 1. The van der Waals surface area contributed by atoms with Crippen molar-refractivity contribution in [2.24, 2.45) is 0 Å². The van der Waals surface area contributed by atoms with Crippen LogP contribution in [0.5, 0.6) is 0 Å². The highest BCUT2D eigenvalue weighted by Gasteiger charge is 2.30. The molecule has 0 saturated heterocycles. The molecule has 0 atom stereocenters. The largest absolute Gasteiger partial charge is 0.354 e. The summed E-state index contributed by atoms with van der Waals surface area (Å²) in [5.74, 6) is -0.387. The van der Waals surface area contributed by atoms with Crippen LogP contribution in [0.3, 0.4) is 0 Å². The second-order valence-corrected chi connectivity index (χ2v) is 8.88. The molecule has 3 N–H and O–H groups in total. The molecule has 1 aliphatic heterocycles. The molecule has 0 bridgehead atoms. The Hall–Kier alpha value is -4.18. The summed E-state index contributed by atoms with van der Waals surface area (Å²) in [6.45, 7) is 0. The first-order chi connectivity index (χ1) is 15.2. The fourth-order valence-corrected chi connectivity index (χ4v) is 3.95. The lowest BCUT2D eigenvalue weighted by Crippen LogP contribution is -2.11. The highest BCUT2D eigenvalue weighted by molar-refractivity contribution is 7.92. The summed E-state index contributed by atoms with van der Waals surface area (Å²) in [4.78, 5) is 23.6. The quantitative estimate of drug-likeness (QED) is 0.297. The highest BCUT2D eigenvalue weighted by atomic mass is 32.2. The maximum Gasteiger partial charge on any atom is 0.270 e. The van der Waals surface area contributed by atoms with Gasteiger partial charge in [-0.25, -0.2) is 8.42 Å². The van der Waals surface area contributed by atoms with E-state index in [-0.39, 0.29) is 17.2 Å². The molecule has 0 aliphatic carbocycles. The van der Waals surface area contributed by atoms with Crippen molar-refractivity contribution in [1.82, 2.24) is 0 Å². The normalized spacial score (nSPS) is 14.3. The number of carbonyl (C=O) groups excluding carboxylic acids is 1. The molecule has 0 aromatic heterocycles. The number of non-ortho nitro benzene ring substituents is 1. The Balaban J connectivity index is 1.81. The molecule has 0 saturated carbocycles. The van der Waals surface area contributed by atoms with Crippen molar-refractivity contribution in [3.63, 3.8) is 0 Å². The molecule has 10 heteroatoms. The van der Waals surface area contributed by atoms with Gasteiger partial charge in [-0.3, -0.25) is 19.6 Å². The van der Waals surface area contributed by atoms with Gasteiger partial charge in [-0.15, -0.1) is 0 Å². The molecule has 32 heavy (non-hydrogen) atoms. The zero-order valence-electron chi connectivity index (χ0n) is 16.8. The van der Waals surface area contributed by atoms with Crippen molar-refractivity contribution >= 4 is 50.0 Å². The Morgan fingerprint density at radius 2 is 1.62 bits per heavy atom. The molecular weight excluding hydrogens is 432 g/mol. The predicted molar refractivity (Wildman–Crippen MR) is 124 cm³/mol. The van der Waals surface area contributed by atoms with Gasteiger partial charge < -0.3 is 10.6 Å². The van der Waals surface area contributed by atoms with E-state index in [2.05, 4.69) is 15.4 Å². The van der Waals surface area contributed by atoms with E-state index >= 15 is 0 Å². The molecule has 1 heterocycles. The van der Waals surface area contributed by atoms with E-state index in [1.54, 1.807) is 24.3 Å². The van der Waals surface area contributed by atoms with Crippen LogP contribution in [0.4, 0.5) is 22.7 Å². The number of benzene rings is 3. The zero-order chi connectivity index (χ0) is 22.9. The Labute approximate surface area is 184 Å². The topological polar surface area (TPSA) is 130 Å². The van der Waals surface area contributed by atoms with Crippen LogP contribution in [-0.4, -0.2) is 25.5 Å². The minimum absolute atomic E-state index is 0.124. The number of hydrogen-bond donors (Lipinski definition) is 3. The van der Waals surface area contributed by atoms with Crippen LogP contribution >= 0.6 is 0 Å². The Kier molecular flexibility index (Phi) is 5.37. The van der Waals surface area contributed by atoms with E-state index in [1.807, 2.05) is 30.3 Å². The van der Waals surface area contributed by atoms with Crippen molar-refractivity contribution in [2.45, 2.75) is 0 Å². The fraction of sp³-hybridized carbons (Fsp3) is 0.0455. The summed E-state index contributed by atoms with van der Waals surface area (Å²) < 4.78 is 25.2. The number of hydrogen-bond acceptors (Lipinski definition) is 6. The van der Waals surface area contributed by atoms with E-state index < -0.39 is 14.9 Å².